The minimum absolute atomic E-state index is 0.0391. The molecule has 0 radical (unpaired) electrons. The highest BCUT2D eigenvalue weighted by Gasteiger charge is 2.51. The number of carbonyl (C=O) groups excluding carboxylic acids is 1. The summed E-state index contributed by atoms with van der Waals surface area (Å²) in [6.45, 7) is 0.942. The Kier molecular flexibility index (Phi) is 3.38. The smallest absolute Gasteiger partial charge is 0.366 e. The van der Waals surface area contributed by atoms with Crippen LogP contribution in [0.2, 0.25) is 0 Å². The average molecular weight is 342 g/mol. The number of aryl methyl sites for hydroxylation is 1. The van der Waals surface area contributed by atoms with Crippen molar-refractivity contribution >= 4 is 6.03 Å². The van der Waals surface area contributed by atoms with Crippen LogP contribution in [0.1, 0.15) is 11.3 Å². The Morgan fingerprint density at radius 1 is 1.33 bits per heavy atom. The molecule has 3 aliphatic rings. The largest absolute Gasteiger partial charge is 0.435 e. The zero-order valence-electron chi connectivity index (χ0n) is 13.0. The van der Waals surface area contributed by atoms with Crippen LogP contribution < -0.4 is 5.32 Å². The van der Waals surface area contributed by atoms with E-state index in [-0.39, 0.29) is 42.2 Å². The first-order valence-electron chi connectivity index (χ1n) is 7.79. The van der Waals surface area contributed by atoms with Crippen molar-refractivity contribution in [3.05, 3.63) is 29.6 Å². The second-order valence-electron chi connectivity index (χ2n) is 6.52. The number of urea groups is 1. The highest BCUT2D eigenvalue weighted by atomic mass is 19.4. The fraction of sp³-hybridized carbons (Fsp3) is 0.600. The van der Waals surface area contributed by atoms with Crippen molar-refractivity contribution in [2.75, 3.05) is 13.1 Å². The Morgan fingerprint density at radius 2 is 1.96 bits per heavy atom. The van der Waals surface area contributed by atoms with Crippen LogP contribution >= 0.6 is 0 Å². The highest BCUT2D eigenvalue weighted by Crippen LogP contribution is 2.43. The summed E-state index contributed by atoms with van der Waals surface area (Å²) in [6.07, 6.45) is 0.922. The number of likely N-dealkylation sites (tertiary alicyclic amines) is 1. The molecule has 2 amide bonds. The van der Waals surface area contributed by atoms with Gasteiger partial charge in [-0.25, -0.2) is 4.79 Å². The number of ether oxygens (including phenoxy) is 1. The number of nitrogens with zero attached hydrogens (tertiary/aromatic N) is 3. The van der Waals surface area contributed by atoms with Gasteiger partial charge in [-0.1, -0.05) is 12.2 Å². The van der Waals surface area contributed by atoms with E-state index in [1.165, 1.54) is 13.2 Å². The first-order valence-corrected chi connectivity index (χ1v) is 7.79. The van der Waals surface area contributed by atoms with Gasteiger partial charge in [0.2, 0.25) is 0 Å². The number of hydrogen-bond donors (Lipinski definition) is 1. The van der Waals surface area contributed by atoms with E-state index in [1.807, 2.05) is 12.2 Å². The maximum atomic E-state index is 12.9. The Bertz CT molecular complexity index is 679. The van der Waals surface area contributed by atoms with Gasteiger partial charge in [0.25, 0.3) is 0 Å². The molecule has 6 nitrogen and oxygen atoms in total. The van der Waals surface area contributed by atoms with Crippen molar-refractivity contribution in [3.63, 3.8) is 0 Å². The van der Waals surface area contributed by atoms with Crippen LogP contribution in [-0.2, 0) is 24.5 Å². The number of nitrogens with one attached hydrogen (secondary N) is 1. The molecule has 1 aromatic rings. The van der Waals surface area contributed by atoms with Gasteiger partial charge in [0, 0.05) is 50.3 Å². The molecule has 0 spiro atoms. The molecule has 0 aliphatic carbocycles. The highest BCUT2D eigenvalue weighted by molar-refractivity contribution is 5.74. The van der Waals surface area contributed by atoms with Gasteiger partial charge in [0.05, 0.1) is 12.2 Å². The summed E-state index contributed by atoms with van der Waals surface area (Å²) in [5.41, 5.74) is -0.998. The van der Waals surface area contributed by atoms with Crippen LogP contribution in [-0.4, -0.2) is 46.0 Å². The topological polar surface area (TPSA) is 59.4 Å². The monoisotopic (exact) mass is 342 g/mol. The summed E-state index contributed by atoms with van der Waals surface area (Å²) in [7, 11) is 1.42. The second kappa shape index (κ2) is 5.23. The van der Waals surface area contributed by atoms with E-state index in [1.54, 1.807) is 4.90 Å². The summed E-state index contributed by atoms with van der Waals surface area (Å²) in [5.74, 6) is 0.574. The van der Waals surface area contributed by atoms with Gasteiger partial charge >= 0.3 is 12.2 Å². The van der Waals surface area contributed by atoms with E-state index < -0.39 is 11.9 Å². The first kappa shape index (κ1) is 15.5. The third-order valence-corrected chi connectivity index (χ3v) is 4.95. The van der Waals surface area contributed by atoms with Crippen molar-refractivity contribution < 1.29 is 22.7 Å². The van der Waals surface area contributed by atoms with Gasteiger partial charge in [-0.2, -0.15) is 18.3 Å². The summed E-state index contributed by atoms with van der Waals surface area (Å²) in [4.78, 5) is 14.0. The zero-order chi connectivity index (χ0) is 17.1. The molecule has 130 valence electrons. The molecule has 3 aliphatic heterocycles. The molecule has 1 aromatic heterocycles. The standard InChI is InChI=1S/C15H17F3N4O2/c1-21-5-8(13(20-21)15(16,17)18)4-19-14(23)22-6-9-10(7-22)12-3-2-11(9)24-12/h2-3,5,9-12H,4,6-7H2,1H3,(H,19,23). The second-order valence-corrected chi connectivity index (χ2v) is 6.52. The molecule has 9 heteroatoms. The number of fused-ring (bicyclic) bond motifs is 5. The lowest BCUT2D eigenvalue weighted by atomic mass is 9.86. The third-order valence-electron chi connectivity index (χ3n) is 4.95. The van der Waals surface area contributed by atoms with E-state index in [2.05, 4.69) is 10.4 Å². The summed E-state index contributed by atoms with van der Waals surface area (Å²) in [6, 6.07) is -0.347. The lowest BCUT2D eigenvalue weighted by molar-refractivity contribution is -0.142. The Balaban J connectivity index is 1.38. The predicted molar refractivity (Wildman–Crippen MR) is 76.8 cm³/mol. The minimum Gasteiger partial charge on any atom is -0.366 e. The zero-order valence-corrected chi connectivity index (χ0v) is 13.0. The Morgan fingerprint density at radius 3 is 2.54 bits per heavy atom. The molecular weight excluding hydrogens is 325 g/mol. The number of rotatable bonds is 2. The number of amides is 2. The number of alkyl halides is 3. The van der Waals surface area contributed by atoms with E-state index in [4.69, 9.17) is 4.74 Å². The van der Waals surface area contributed by atoms with Crippen LogP contribution in [0.15, 0.2) is 18.3 Å². The lowest BCUT2D eigenvalue weighted by Crippen LogP contribution is -2.39. The van der Waals surface area contributed by atoms with Gasteiger partial charge in [-0.15, -0.1) is 0 Å². The van der Waals surface area contributed by atoms with Crippen LogP contribution in [0.5, 0.6) is 0 Å². The van der Waals surface area contributed by atoms with Crippen molar-refractivity contribution in [1.29, 1.82) is 0 Å². The van der Waals surface area contributed by atoms with Gasteiger partial charge in [0.15, 0.2) is 5.69 Å². The van der Waals surface area contributed by atoms with Gasteiger partial charge in [-0.3, -0.25) is 4.68 Å². The molecule has 0 saturated carbocycles. The normalized spacial score (nSPS) is 30.9. The van der Waals surface area contributed by atoms with E-state index in [0.717, 1.165) is 4.68 Å². The lowest BCUT2D eigenvalue weighted by Gasteiger charge is -2.19. The quantitative estimate of drug-likeness (QED) is 0.830. The molecular formula is C15H17F3N4O2. The molecule has 1 N–H and O–H groups in total. The molecule has 4 rings (SSSR count). The molecule has 2 bridgehead atoms. The first-order chi connectivity index (χ1) is 11.3. The maximum Gasteiger partial charge on any atom is 0.435 e. The van der Waals surface area contributed by atoms with E-state index in [9.17, 15) is 18.0 Å². The van der Waals surface area contributed by atoms with Crippen molar-refractivity contribution in [3.8, 4) is 0 Å². The number of aromatic nitrogens is 2. The molecule has 2 saturated heterocycles. The van der Waals surface area contributed by atoms with E-state index in [0.29, 0.717) is 13.1 Å². The van der Waals surface area contributed by atoms with Crippen molar-refractivity contribution in [2.45, 2.75) is 24.9 Å². The van der Waals surface area contributed by atoms with Crippen molar-refractivity contribution in [2.24, 2.45) is 18.9 Å². The molecule has 2 fully saturated rings. The minimum atomic E-state index is -4.53. The summed E-state index contributed by atoms with van der Waals surface area (Å²) >= 11 is 0. The Labute approximate surface area is 136 Å². The number of carbonyl (C=O) groups is 1. The Hall–Kier alpha value is -2.03. The van der Waals surface area contributed by atoms with Crippen LogP contribution in [0.4, 0.5) is 18.0 Å². The predicted octanol–water partition coefficient (Wildman–Crippen LogP) is 1.53. The summed E-state index contributed by atoms with van der Waals surface area (Å²) < 4.78 is 45.6. The van der Waals surface area contributed by atoms with Crippen molar-refractivity contribution in [1.82, 2.24) is 20.0 Å². The van der Waals surface area contributed by atoms with Crippen LogP contribution in [0.3, 0.4) is 0 Å². The van der Waals surface area contributed by atoms with Gasteiger partial charge < -0.3 is 15.0 Å². The number of hydrogen-bond acceptors (Lipinski definition) is 3. The van der Waals surface area contributed by atoms with Crippen LogP contribution in [0.25, 0.3) is 0 Å². The average Bonchev–Trinajstić information content (AvgIpc) is 3.23. The third kappa shape index (κ3) is 2.47. The molecule has 0 aromatic carbocycles. The van der Waals surface area contributed by atoms with Gasteiger partial charge in [0.1, 0.15) is 0 Å². The number of halogens is 3. The molecule has 4 atom stereocenters. The SMILES string of the molecule is Cn1cc(CNC(=O)N2CC3C4C=CC(O4)C3C2)c(C(F)(F)F)n1. The maximum absolute atomic E-state index is 12.9. The fourth-order valence-corrected chi connectivity index (χ4v) is 3.88. The molecule has 4 heterocycles. The fourth-order valence-electron chi connectivity index (χ4n) is 3.88. The van der Waals surface area contributed by atoms with Gasteiger partial charge in [-0.05, 0) is 0 Å². The van der Waals surface area contributed by atoms with Crippen LogP contribution in [0, 0.1) is 11.8 Å². The molecule has 4 unspecified atom stereocenters. The van der Waals surface area contributed by atoms with E-state index >= 15 is 0 Å². The summed E-state index contributed by atoms with van der Waals surface area (Å²) in [5, 5.41) is 6.01. The molecule has 24 heavy (non-hydrogen) atoms.